The van der Waals surface area contributed by atoms with Crippen molar-refractivity contribution in [2.75, 3.05) is 27.4 Å². The van der Waals surface area contributed by atoms with E-state index < -0.39 is 0 Å². The Morgan fingerprint density at radius 1 is 0.806 bits per heavy atom. The van der Waals surface area contributed by atoms with Crippen molar-refractivity contribution < 1.29 is 18.8 Å². The van der Waals surface area contributed by atoms with E-state index in [9.17, 15) is 4.79 Å². The monoisotopic (exact) mass is 496 g/mol. The van der Waals surface area contributed by atoms with Gasteiger partial charge in [0.05, 0.1) is 26.6 Å². The number of hydrogen-bond donors (Lipinski definition) is 0. The van der Waals surface area contributed by atoms with Gasteiger partial charge in [-0.15, -0.1) is 0 Å². The van der Waals surface area contributed by atoms with Crippen LogP contribution in [0.2, 0.25) is 0 Å². The first-order chi connectivity index (χ1) is 17.4. The second-order valence-electron chi connectivity index (χ2n) is 10.9. The first-order valence-corrected chi connectivity index (χ1v) is 14.1. The van der Waals surface area contributed by atoms with Crippen LogP contribution < -0.4 is 4.74 Å². The van der Waals surface area contributed by atoms with E-state index in [-0.39, 0.29) is 18.7 Å². The van der Waals surface area contributed by atoms with E-state index in [0.717, 1.165) is 36.2 Å². The highest BCUT2D eigenvalue weighted by Gasteiger charge is 2.21. The van der Waals surface area contributed by atoms with E-state index in [4.69, 9.17) is 9.47 Å². The first-order valence-electron chi connectivity index (χ1n) is 14.1. The third kappa shape index (κ3) is 13.1. The molecule has 0 spiro atoms. The van der Waals surface area contributed by atoms with Gasteiger partial charge in [-0.25, -0.2) is 0 Å². The smallest absolute Gasteiger partial charge is 0.311 e. The van der Waals surface area contributed by atoms with Crippen molar-refractivity contribution >= 4 is 5.97 Å². The second kappa shape index (κ2) is 17.2. The average molecular weight is 497 g/mol. The van der Waals surface area contributed by atoms with Crippen molar-refractivity contribution in [3.8, 4) is 5.75 Å². The maximum absolute atomic E-state index is 12.4. The molecule has 2 aromatic rings. The summed E-state index contributed by atoms with van der Waals surface area (Å²) in [5.74, 6) is 0.393. The van der Waals surface area contributed by atoms with Crippen molar-refractivity contribution in [3.05, 3.63) is 65.7 Å². The van der Waals surface area contributed by atoms with Crippen molar-refractivity contribution in [2.45, 2.75) is 91.0 Å². The number of esters is 1. The standard InChI is InChI=1S/C32H50NO3/c1-5-6-7-8-9-10-11-12-14-17-29-20-22-31(23-21-29)35-27-36-32(34)28(2)24-25-33(3,4)26-30-18-15-13-16-19-30/h13,15-16,18-23,28H,5-12,14,17,24-27H2,1-4H3/q+1. The van der Waals surface area contributed by atoms with Gasteiger partial charge in [0.25, 0.3) is 0 Å². The molecule has 0 saturated heterocycles. The van der Waals surface area contributed by atoms with E-state index in [2.05, 4.69) is 57.4 Å². The summed E-state index contributed by atoms with van der Waals surface area (Å²) < 4.78 is 11.9. The largest absolute Gasteiger partial charge is 0.457 e. The Morgan fingerprint density at radius 3 is 2.06 bits per heavy atom. The summed E-state index contributed by atoms with van der Waals surface area (Å²) in [5, 5.41) is 0. The minimum atomic E-state index is -0.198. The third-order valence-corrected chi connectivity index (χ3v) is 6.94. The number of unbranched alkanes of at least 4 members (excludes halogenated alkanes) is 8. The Morgan fingerprint density at radius 2 is 1.42 bits per heavy atom. The molecular formula is C32H50NO3+. The van der Waals surface area contributed by atoms with Gasteiger partial charge in [-0.05, 0) is 30.5 Å². The van der Waals surface area contributed by atoms with Crippen LogP contribution in [0, 0.1) is 5.92 Å². The Bertz CT molecular complexity index is 832. The van der Waals surface area contributed by atoms with Crippen molar-refractivity contribution in [3.63, 3.8) is 0 Å². The number of carbonyl (C=O) groups excluding carboxylic acids is 1. The number of nitrogens with zero attached hydrogens (tertiary/aromatic N) is 1. The molecule has 0 aliphatic heterocycles. The minimum absolute atomic E-state index is 0.0386. The molecule has 0 aromatic heterocycles. The molecular weight excluding hydrogens is 446 g/mol. The zero-order valence-corrected chi connectivity index (χ0v) is 23.3. The van der Waals surface area contributed by atoms with Gasteiger partial charge in [0.15, 0.2) is 0 Å². The molecule has 0 aliphatic carbocycles. The molecule has 36 heavy (non-hydrogen) atoms. The maximum atomic E-state index is 12.4. The van der Waals surface area contributed by atoms with E-state index in [1.54, 1.807) is 0 Å². The predicted octanol–water partition coefficient (Wildman–Crippen LogP) is 7.94. The Balaban J connectivity index is 1.56. The van der Waals surface area contributed by atoms with Crippen LogP contribution in [-0.2, 0) is 22.5 Å². The van der Waals surface area contributed by atoms with Crippen LogP contribution in [0.25, 0.3) is 0 Å². The number of benzene rings is 2. The third-order valence-electron chi connectivity index (χ3n) is 6.94. The molecule has 4 nitrogen and oxygen atoms in total. The molecule has 0 amide bonds. The molecule has 2 aromatic carbocycles. The van der Waals surface area contributed by atoms with Crippen molar-refractivity contribution in [2.24, 2.45) is 5.92 Å². The summed E-state index contributed by atoms with van der Waals surface area (Å²) in [5.41, 5.74) is 2.65. The number of hydrogen-bond acceptors (Lipinski definition) is 3. The van der Waals surface area contributed by atoms with Crippen molar-refractivity contribution in [1.82, 2.24) is 0 Å². The fraction of sp³-hybridized carbons (Fsp3) is 0.594. The number of aryl methyl sites for hydroxylation is 1. The highest BCUT2D eigenvalue weighted by atomic mass is 16.7. The van der Waals surface area contributed by atoms with Crippen molar-refractivity contribution in [1.29, 1.82) is 0 Å². The molecule has 0 aliphatic rings. The van der Waals surface area contributed by atoms with Gasteiger partial charge >= 0.3 is 5.97 Å². The lowest BCUT2D eigenvalue weighted by Gasteiger charge is -2.30. The summed E-state index contributed by atoms with van der Waals surface area (Å²) in [6.07, 6.45) is 14.1. The summed E-state index contributed by atoms with van der Waals surface area (Å²) in [6, 6.07) is 18.7. The van der Waals surface area contributed by atoms with Crippen LogP contribution in [0.5, 0.6) is 5.75 Å². The maximum Gasteiger partial charge on any atom is 0.311 e. The molecule has 1 unspecified atom stereocenters. The summed E-state index contributed by atoms with van der Waals surface area (Å²) in [7, 11) is 4.40. The fourth-order valence-electron chi connectivity index (χ4n) is 4.51. The van der Waals surface area contributed by atoms with Gasteiger partial charge < -0.3 is 14.0 Å². The molecule has 0 N–H and O–H groups in total. The second-order valence-corrected chi connectivity index (χ2v) is 10.9. The van der Waals surface area contributed by atoms with Gasteiger partial charge in [-0.2, -0.15) is 0 Å². The molecule has 1 atom stereocenters. The van der Waals surface area contributed by atoms with Gasteiger partial charge in [0.2, 0.25) is 6.79 Å². The van der Waals surface area contributed by atoms with Crippen LogP contribution in [0.3, 0.4) is 0 Å². The van der Waals surface area contributed by atoms with Gasteiger partial charge in [0, 0.05) is 12.0 Å². The molecule has 0 heterocycles. The number of ether oxygens (including phenoxy) is 2. The molecule has 0 saturated carbocycles. The lowest BCUT2D eigenvalue weighted by molar-refractivity contribution is -0.904. The molecule has 0 radical (unpaired) electrons. The minimum Gasteiger partial charge on any atom is -0.457 e. The van der Waals surface area contributed by atoms with Gasteiger partial charge in [-0.3, -0.25) is 4.79 Å². The Labute approximate surface area is 220 Å². The summed E-state index contributed by atoms with van der Waals surface area (Å²) in [6.45, 7) is 6.02. The Hall–Kier alpha value is -2.33. The zero-order chi connectivity index (χ0) is 26.1. The topological polar surface area (TPSA) is 35.5 Å². The molecule has 2 rings (SSSR count). The molecule has 4 heteroatoms. The fourth-order valence-corrected chi connectivity index (χ4v) is 4.51. The average Bonchev–Trinajstić information content (AvgIpc) is 2.87. The van der Waals surface area contributed by atoms with Crippen LogP contribution in [-0.4, -0.2) is 37.9 Å². The quantitative estimate of drug-likeness (QED) is 0.0857. The van der Waals surface area contributed by atoms with E-state index in [0.29, 0.717) is 0 Å². The van der Waals surface area contributed by atoms with Crippen LogP contribution in [0.15, 0.2) is 54.6 Å². The molecule has 200 valence electrons. The van der Waals surface area contributed by atoms with Crippen LogP contribution in [0.1, 0.15) is 89.2 Å². The summed E-state index contributed by atoms with van der Waals surface area (Å²) >= 11 is 0. The lowest BCUT2D eigenvalue weighted by atomic mass is 10.0. The highest BCUT2D eigenvalue weighted by molar-refractivity contribution is 5.71. The van der Waals surface area contributed by atoms with E-state index in [1.807, 2.05) is 25.1 Å². The van der Waals surface area contributed by atoms with Gasteiger partial charge in [0.1, 0.15) is 12.3 Å². The highest BCUT2D eigenvalue weighted by Crippen LogP contribution is 2.17. The van der Waals surface area contributed by atoms with E-state index >= 15 is 0 Å². The number of quaternary nitrogens is 1. The van der Waals surface area contributed by atoms with Crippen LogP contribution >= 0.6 is 0 Å². The number of rotatable bonds is 19. The zero-order valence-electron chi connectivity index (χ0n) is 23.3. The lowest BCUT2D eigenvalue weighted by Crippen LogP contribution is -2.40. The molecule has 0 bridgehead atoms. The predicted molar refractivity (Wildman–Crippen MR) is 150 cm³/mol. The Kier molecular flexibility index (Phi) is 14.3. The summed E-state index contributed by atoms with van der Waals surface area (Å²) in [4.78, 5) is 12.4. The SMILES string of the molecule is CCCCCCCCCCCc1ccc(OCOC(=O)C(C)CC[N+](C)(C)Cc2ccccc2)cc1. The normalized spacial score (nSPS) is 12.3. The van der Waals surface area contributed by atoms with E-state index in [1.165, 1.54) is 68.9 Å². The number of carbonyl (C=O) groups is 1. The molecule has 0 fully saturated rings. The first kappa shape index (κ1) is 29.9. The van der Waals surface area contributed by atoms with Gasteiger partial charge in [-0.1, -0.05) is 108 Å². The van der Waals surface area contributed by atoms with Crippen LogP contribution in [0.4, 0.5) is 0 Å².